The first-order chi connectivity index (χ1) is 21.9. The van der Waals surface area contributed by atoms with Crippen molar-refractivity contribution < 1.29 is 47.1 Å². The quantitative estimate of drug-likeness (QED) is 0.266. The van der Waals surface area contributed by atoms with E-state index in [0.29, 0.717) is 45.4 Å². The fourth-order valence-electron chi connectivity index (χ4n) is 6.42. The van der Waals surface area contributed by atoms with Gasteiger partial charge in [0.2, 0.25) is 12.5 Å². The second kappa shape index (κ2) is 11.3. The second-order valence-corrected chi connectivity index (χ2v) is 10.8. The van der Waals surface area contributed by atoms with E-state index in [1.807, 2.05) is 6.07 Å². The SMILES string of the molecule is COc1cc([C@@H]2c3cc4c(cc3[C@H](OC(=O)Cn3cc(-c5ccccc5F)nn3)[C@H]3COC(=O)[C@H]23)OCO4)cc(OC)c1OC. The molecule has 1 fully saturated rings. The van der Waals surface area contributed by atoms with Crippen molar-refractivity contribution in [1.29, 1.82) is 0 Å². The normalized spacial score (nSPS) is 21.0. The summed E-state index contributed by atoms with van der Waals surface area (Å²) in [6.45, 7) is -0.222. The Morgan fingerprint density at radius 1 is 0.978 bits per heavy atom. The number of rotatable bonds is 8. The summed E-state index contributed by atoms with van der Waals surface area (Å²) in [5.41, 5.74) is 2.61. The minimum absolute atomic E-state index is 0.0308. The van der Waals surface area contributed by atoms with Crippen LogP contribution in [0.3, 0.4) is 0 Å². The van der Waals surface area contributed by atoms with Gasteiger partial charge in [-0.05, 0) is 47.5 Å². The van der Waals surface area contributed by atoms with Crippen molar-refractivity contribution in [3.05, 3.63) is 77.2 Å². The number of carbonyl (C=O) groups is 2. The number of halogens is 1. The maximum Gasteiger partial charge on any atom is 0.328 e. The minimum Gasteiger partial charge on any atom is -0.493 e. The monoisotopic (exact) mass is 617 g/mol. The smallest absolute Gasteiger partial charge is 0.328 e. The average molecular weight is 618 g/mol. The van der Waals surface area contributed by atoms with Gasteiger partial charge in [-0.25, -0.2) is 9.07 Å². The maximum absolute atomic E-state index is 14.3. The van der Waals surface area contributed by atoms with Gasteiger partial charge in [-0.15, -0.1) is 5.10 Å². The van der Waals surface area contributed by atoms with Crippen LogP contribution in [0.1, 0.15) is 28.7 Å². The van der Waals surface area contributed by atoms with Gasteiger partial charge < -0.3 is 33.2 Å². The number of aromatic nitrogens is 3. The number of esters is 2. The molecule has 1 aliphatic carbocycles. The summed E-state index contributed by atoms with van der Waals surface area (Å²) in [5.74, 6) is -1.01. The molecule has 0 spiro atoms. The molecule has 2 aliphatic heterocycles. The number of hydrogen-bond donors (Lipinski definition) is 0. The average Bonchev–Trinajstić information content (AvgIpc) is 3.80. The number of methoxy groups -OCH3 is 3. The lowest BCUT2D eigenvalue weighted by Gasteiger charge is -2.38. The van der Waals surface area contributed by atoms with Crippen molar-refractivity contribution in [3.8, 4) is 40.0 Å². The van der Waals surface area contributed by atoms with Crippen LogP contribution in [0.4, 0.5) is 4.39 Å². The molecular weight excluding hydrogens is 589 g/mol. The third-order valence-corrected chi connectivity index (χ3v) is 8.40. The van der Waals surface area contributed by atoms with Crippen molar-refractivity contribution in [2.75, 3.05) is 34.7 Å². The number of cyclic esters (lactones) is 1. The molecule has 3 heterocycles. The van der Waals surface area contributed by atoms with Crippen LogP contribution in [0, 0.1) is 17.7 Å². The van der Waals surface area contributed by atoms with Crippen molar-refractivity contribution in [2.45, 2.75) is 18.6 Å². The van der Waals surface area contributed by atoms with Crippen LogP contribution in [0.25, 0.3) is 11.3 Å². The van der Waals surface area contributed by atoms with Crippen LogP contribution in [-0.2, 0) is 25.6 Å². The van der Waals surface area contributed by atoms with Crippen molar-refractivity contribution in [3.63, 3.8) is 0 Å². The van der Waals surface area contributed by atoms with Gasteiger partial charge in [-0.1, -0.05) is 17.3 Å². The van der Waals surface area contributed by atoms with E-state index in [1.54, 1.807) is 36.4 Å². The third kappa shape index (κ3) is 4.84. The van der Waals surface area contributed by atoms with Gasteiger partial charge in [0.05, 0.1) is 40.1 Å². The number of ether oxygens (including phenoxy) is 7. The zero-order valence-corrected chi connectivity index (χ0v) is 24.5. The van der Waals surface area contributed by atoms with E-state index >= 15 is 0 Å². The maximum atomic E-state index is 14.3. The first-order valence-electron chi connectivity index (χ1n) is 14.1. The summed E-state index contributed by atoms with van der Waals surface area (Å²) in [5, 5.41) is 8.00. The Labute approximate surface area is 256 Å². The molecule has 13 heteroatoms. The lowest BCUT2D eigenvalue weighted by Crippen LogP contribution is -2.37. The molecular formula is C32H28FN3O9. The Bertz CT molecular complexity index is 1780. The molecule has 0 N–H and O–H groups in total. The first-order valence-corrected chi connectivity index (χ1v) is 14.1. The van der Waals surface area contributed by atoms with Crippen LogP contribution in [0.15, 0.2) is 54.7 Å². The van der Waals surface area contributed by atoms with E-state index in [9.17, 15) is 14.0 Å². The van der Waals surface area contributed by atoms with E-state index in [1.165, 1.54) is 38.3 Å². The molecule has 0 saturated carbocycles. The molecule has 45 heavy (non-hydrogen) atoms. The van der Waals surface area contributed by atoms with Crippen molar-refractivity contribution in [2.24, 2.45) is 11.8 Å². The highest BCUT2D eigenvalue weighted by Gasteiger charge is 2.54. The van der Waals surface area contributed by atoms with Crippen LogP contribution in [-0.4, -0.2) is 61.7 Å². The van der Waals surface area contributed by atoms with Crippen LogP contribution >= 0.6 is 0 Å². The van der Waals surface area contributed by atoms with E-state index in [2.05, 4.69) is 10.3 Å². The Morgan fingerprint density at radius 3 is 2.38 bits per heavy atom. The summed E-state index contributed by atoms with van der Waals surface area (Å²) >= 11 is 0. The largest absolute Gasteiger partial charge is 0.493 e. The molecule has 12 nitrogen and oxygen atoms in total. The number of benzene rings is 3. The molecule has 232 valence electrons. The topological polar surface area (TPSA) is 129 Å². The highest BCUT2D eigenvalue weighted by Crippen LogP contribution is 2.56. The van der Waals surface area contributed by atoms with Gasteiger partial charge >= 0.3 is 11.9 Å². The summed E-state index contributed by atoms with van der Waals surface area (Å²) in [6, 6.07) is 13.4. The number of fused-ring (bicyclic) bond motifs is 3. The molecule has 1 saturated heterocycles. The lowest BCUT2D eigenvalue weighted by atomic mass is 9.66. The number of hydrogen-bond acceptors (Lipinski definition) is 11. The number of nitrogens with zero attached hydrogens (tertiary/aromatic N) is 3. The number of carbonyl (C=O) groups excluding carboxylic acids is 2. The van der Waals surface area contributed by atoms with Gasteiger partial charge in [-0.2, -0.15) is 0 Å². The first kappa shape index (κ1) is 28.4. The van der Waals surface area contributed by atoms with Gasteiger partial charge in [0, 0.05) is 23.0 Å². The predicted molar refractivity (Wildman–Crippen MR) is 153 cm³/mol. The highest BCUT2D eigenvalue weighted by atomic mass is 19.1. The van der Waals surface area contributed by atoms with E-state index in [0.717, 1.165) is 0 Å². The predicted octanol–water partition coefficient (Wildman–Crippen LogP) is 4.06. The Morgan fingerprint density at radius 2 is 1.69 bits per heavy atom. The zero-order valence-electron chi connectivity index (χ0n) is 24.5. The van der Waals surface area contributed by atoms with E-state index < -0.39 is 41.6 Å². The fourth-order valence-corrected chi connectivity index (χ4v) is 6.42. The summed E-state index contributed by atoms with van der Waals surface area (Å²) in [7, 11) is 4.55. The summed E-state index contributed by atoms with van der Waals surface area (Å²) in [4.78, 5) is 26.8. The van der Waals surface area contributed by atoms with Crippen molar-refractivity contribution in [1.82, 2.24) is 15.0 Å². The lowest BCUT2D eigenvalue weighted by molar-refractivity contribution is -0.155. The van der Waals surface area contributed by atoms with E-state index in [4.69, 9.17) is 33.2 Å². The molecule has 3 aliphatic rings. The minimum atomic E-state index is -0.855. The van der Waals surface area contributed by atoms with Crippen LogP contribution in [0.2, 0.25) is 0 Å². The molecule has 4 aromatic rings. The molecule has 0 radical (unpaired) electrons. The highest BCUT2D eigenvalue weighted by molar-refractivity contribution is 5.79. The van der Waals surface area contributed by atoms with Crippen LogP contribution in [0.5, 0.6) is 28.7 Å². The summed E-state index contributed by atoms with van der Waals surface area (Å²) in [6.07, 6.45) is 0.615. The Balaban J connectivity index is 1.26. The molecule has 0 bridgehead atoms. The molecule has 0 unspecified atom stereocenters. The van der Waals surface area contributed by atoms with Gasteiger partial charge in [0.15, 0.2) is 23.0 Å². The summed E-state index contributed by atoms with van der Waals surface area (Å²) < 4.78 is 55.3. The fraction of sp³-hybridized carbons (Fsp3) is 0.312. The molecule has 1 aromatic heterocycles. The van der Waals surface area contributed by atoms with Gasteiger partial charge in [-0.3, -0.25) is 9.59 Å². The third-order valence-electron chi connectivity index (χ3n) is 8.40. The molecule has 7 rings (SSSR count). The Kier molecular flexibility index (Phi) is 7.15. The van der Waals surface area contributed by atoms with Crippen molar-refractivity contribution >= 4 is 11.9 Å². The molecule has 4 atom stereocenters. The standard InChI is InChI=1S/C32H28FN3O9/c1-39-25-8-16(9-26(40-2)31(25)41-3)28-18-10-23-24(44-15-43-23)11-19(18)30(20-14-42-32(38)29(20)28)45-27(37)13-36-12-22(34-35-36)17-6-4-5-7-21(17)33/h4-12,20,28-30H,13-15H2,1-3H3/t20-,28+,29-,30-/m0/s1. The Hall–Kier alpha value is -5.33. The van der Waals surface area contributed by atoms with E-state index in [-0.39, 0.29) is 31.2 Å². The van der Waals surface area contributed by atoms with Gasteiger partial charge in [0.25, 0.3) is 0 Å². The second-order valence-electron chi connectivity index (χ2n) is 10.8. The van der Waals surface area contributed by atoms with Gasteiger partial charge in [0.1, 0.15) is 24.2 Å². The molecule has 3 aromatic carbocycles. The van der Waals surface area contributed by atoms with Crippen LogP contribution < -0.4 is 23.7 Å². The zero-order chi connectivity index (χ0) is 31.2. The molecule has 0 amide bonds.